The zero-order valence-electron chi connectivity index (χ0n) is 11.1. The van der Waals surface area contributed by atoms with Gasteiger partial charge in [0, 0.05) is 19.6 Å². The number of nitrogens with zero attached hydrogens (tertiary/aromatic N) is 3. The molecule has 100 valence electrons. The lowest BCUT2D eigenvalue weighted by atomic mass is 10.3. The summed E-state index contributed by atoms with van der Waals surface area (Å²) < 4.78 is 1.92. The van der Waals surface area contributed by atoms with Gasteiger partial charge >= 0.3 is 0 Å². The van der Waals surface area contributed by atoms with Crippen LogP contribution in [0.2, 0.25) is 0 Å². The van der Waals surface area contributed by atoms with Gasteiger partial charge in [-0.15, -0.1) is 0 Å². The van der Waals surface area contributed by atoms with Crippen LogP contribution in [0.15, 0.2) is 0 Å². The number of rotatable bonds is 3. The van der Waals surface area contributed by atoms with E-state index in [2.05, 4.69) is 17.3 Å². The lowest BCUT2D eigenvalue weighted by Gasteiger charge is -2.22. The lowest BCUT2D eigenvalue weighted by Crippen LogP contribution is -2.34. The van der Waals surface area contributed by atoms with E-state index in [4.69, 9.17) is 5.73 Å². The minimum Gasteiger partial charge on any atom is -0.394 e. The van der Waals surface area contributed by atoms with Gasteiger partial charge in [-0.3, -0.25) is 4.79 Å². The number of anilines is 2. The predicted octanol–water partition coefficient (Wildman–Crippen LogP) is 0.510. The second-order valence-electron chi connectivity index (χ2n) is 4.67. The van der Waals surface area contributed by atoms with Gasteiger partial charge in [0.2, 0.25) is 5.91 Å². The summed E-state index contributed by atoms with van der Waals surface area (Å²) in [5.74, 6) is 0.945. The summed E-state index contributed by atoms with van der Waals surface area (Å²) in [5, 5.41) is 7.32. The van der Waals surface area contributed by atoms with E-state index >= 15 is 0 Å². The number of aromatic nitrogens is 2. The SMILES string of the molecule is CCCn1nc(C)c(N)c1N1CCCNC(=O)C1. The number of carbonyl (C=O) groups is 1. The van der Waals surface area contributed by atoms with Gasteiger partial charge in [0.25, 0.3) is 0 Å². The number of aryl methyl sites for hydroxylation is 2. The summed E-state index contributed by atoms with van der Waals surface area (Å²) >= 11 is 0. The van der Waals surface area contributed by atoms with Gasteiger partial charge in [0.15, 0.2) is 5.82 Å². The van der Waals surface area contributed by atoms with Crippen molar-refractivity contribution < 1.29 is 4.79 Å². The molecule has 0 aliphatic carbocycles. The Morgan fingerprint density at radius 2 is 2.28 bits per heavy atom. The smallest absolute Gasteiger partial charge is 0.239 e. The number of nitrogens with two attached hydrogens (primary N) is 1. The van der Waals surface area contributed by atoms with Crippen molar-refractivity contribution in [1.82, 2.24) is 15.1 Å². The maximum Gasteiger partial charge on any atom is 0.239 e. The minimum absolute atomic E-state index is 0.0498. The predicted molar refractivity (Wildman–Crippen MR) is 71.5 cm³/mol. The number of amides is 1. The molecule has 0 saturated carbocycles. The first kappa shape index (κ1) is 12.7. The Bertz CT molecular complexity index is 440. The molecule has 6 nitrogen and oxygen atoms in total. The Hall–Kier alpha value is -1.72. The quantitative estimate of drug-likeness (QED) is 0.820. The van der Waals surface area contributed by atoms with Gasteiger partial charge in [-0.05, 0) is 19.8 Å². The van der Waals surface area contributed by atoms with Crippen LogP contribution in [0.1, 0.15) is 25.5 Å². The fourth-order valence-corrected chi connectivity index (χ4v) is 2.27. The van der Waals surface area contributed by atoms with Crippen LogP contribution in [-0.2, 0) is 11.3 Å². The van der Waals surface area contributed by atoms with Gasteiger partial charge in [-0.2, -0.15) is 5.10 Å². The highest BCUT2D eigenvalue weighted by molar-refractivity contribution is 5.83. The Morgan fingerprint density at radius 3 is 3.00 bits per heavy atom. The second kappa shape index (κ2) is 5.29. The standard InChI is InChI=1S/C12H21N5O/c1-3-6-17-12(11(13)9(2)15-17)16-7-4-5-14-10(18)8-16/h3-8,13H2,1-2H3,(H,14,18). The molecule has 2 heterocycles. The lowest BCUT2D eigenvalue weighted by molar-refractivity contribution is -0.119. The van der Waals surface area contributed by atoms with Crippen LogP contribution < -0.4 is 16.0 Å². The van der Waals surface area contributed by atoms with E-state index < -0.39 is 0 Å². The summed E-state index contributed by atoms with van der Waals surface area (Å²) in [6.45, 7) is 6.76. The van der Waals surface area contributed by atoms with Crippen LogP contribution in [-0.4, -0.2) is 35.3 Å². The van der Waals surface area contributed by atoms with Crippen molar-refractivity contribution in [3.63, 3.8) is 0 Å². The van der Waals surface area contributed by atoms with E-state index in [-0.39, 0.29) is 5.91 Å². The van der Waals surface area contributed by atoms with Gasteiger partial charge in [-0.25, -0.2) is 4.68 Å². The van der Waals surface area contributed by atoms with Crippen molar-refractivity contribution in [2.75, 3.05) is 30.3 Å². The second-order valence-corrected chi connectivity index (χ2v) is 4.67. The van der Waals surface area contributed by atoms with Gasteiger partial charge in [-0.1, -0.05) is 6.92 Å². The van der Waals surface area contributed by atoms with Gasteiger partial charge in [0.05, 0.1) is 17.9 Å². The van der Waals surface area contributed by atoms with Gasteiger partial charge in [0.1, 0.15) is 0 Å². The molecule has 1 amide bonds. The molecule has 0 aromatic carbocycles. The molecule has 1 saturated heterocycles. The molecule has 2 rings (SSSR count). The van der Waals surface area contributed by atoms with Crippen LogP contribution in [0.4, 0.5) is 11.5 Å². The molecule has 1 aromatic rings. The van der Waals surface area contributed by atoms with Crippen molar-refractivity contribution >= 4 is 17.4 Å². The first-order valence-corrected chi connectivity index (χ1v) is 6.48. The third-order valence-corrected chi connectivity index (χ3v) is 3.14. The number of nitrogen functional groups attached to an aromatic ring is 1. The molecule has 0 radical (unpaired) electrons. The molecule has 3 N–H and O–H groups in total. The first-order chi connectivity index (χ1) is 8.63. The number of hydrogen-bond donors (Lipinski definition) is 2. The van der Waals surface area contributed by atoms with Crippen molar-refractivity contribution in [3.8, 4) is 0 Å². The van der Waals surface area contributed by atoms with Crippen LogP contribution >= 0.6 is 0 Å². The molecule has 0 unspecified atom stereocenters. The van der Waals surface area contributed by atoms with Crippen molar-refractivity contribution in [2.24, 2.45) is 0 Å². The number of carbonyl (C=O) groups excluding carboxylic acids is 1. The molecular weight excluding hydrogens is 230 g/mol. The van der Waals surface area contributed by atoms with Crippen molar-refractivity contribution in [1.29, 1.82) is 0 Å². The van der Waals surface area contributed by atoms with E-state index in [0.717, 1.165) is 44.0 Å². The van der Waals surface area contributed by atoms with Crippen LogP contribution in [0.5, 0.6) is 0 Å². The summed E-state index contributed by atoms with van der Waals surface area (Å²) in [6.07, 6.45) is 1.93. The van der Waals surface area contributed by atoms with Crippen LogP contribution in [0, 0.1) is 6.92 Å². The molecule has 1 aliphatic rings. The molecule has 6 heteroatoms. The van der Waals surface area contributed by atoms with E-state index in [9.17, 15) is 4.79 Å². The Balaban J connectivity index is 2.32. The van der Waals surface area contributed by atoms with E-state index in [1.165, 1.54) is 0 Å². The normalized spacial score (nSPS) is 16.6. The Morgan fingerprint density at radius 1 is 1.50 bits per heavy atom. The number of hydrogen-bond acceptors (Lipinski definition) is 4. The molecule has 18 heavy (non-hydrogen) atoms. The van der Waals surface area contributed by atoms with Crippen LogP contribution in [0.3, 0.4) is 0 Å². The van der Waals surface area contributed by atoms with E-state index in [1.807, 2.05) is 16.5 Å². The highest BCUT2D eigenvalue weighted by Gasteiger charge is 2.22. The average Bonchev–Trinajstić information content (AvgIpc) is 2.51. The maximum absolute atomic E-state index is 11.6. The molecule has 1 aromatic heterocycles. The highest BCUT2D eigenvalue weighted by Crippen LogP contribution is 2.27. The molecule has 1 aliphatic heterocycles. The minimum atomic E-state index is 0.0498. The summed E-state index contributed by atoms with van der Waals surface area (Å²) in [7, 11) is 0. The van der Waals surface area contributed by atoms with E-state index in [1.54, 1.807) is 0 Å². The number of nitrogens with one attached hydrogen (secondary N) is 1. The zero-order valence-corrected chi connectivity index (χ0v) is 11.1. The van der Waals surface area contributed by atoms with Crippen LogP contribution in [0.25, 0.3) is 0 Å². The van der Waals surface area contributed by atoms with Crippen molar-refractivity contribution in [2.45, 2.75) is 33.2 Å². The molecular formula is C12H21N5O. The molecule has 0 bridgehead atoms. The molecule has 1 fully saturated rings. The Labute approximate surface area is 107 Å². The summed E-state index contributed by atoms with van der Waals surface area (Å²) in [6, 6.07) is 0. The summed E-state index contributed by atoms with van der Waals surface area (Å²) in [5.41, 5.74) is 7.63. The first-order valence-electron chi connectivity index (χ1n) is 6.48. The van der Waals surface area contributed by atoms with E-state index in [0.29, 0.717) is 12.2 Å². The highest BCUT2D eigenvalue weighted by atomic mass is 16.2. The Kier molecular flexibility index (Phi) is 3.74. The zero-order chi connectivity index (χ0) is 13.1. The fourth-order valence-electron chi connectivity index (χ4n) is 2.27. The van der Waals surface area contributed by atoms with Crippen molar-refractivity contribution in [3.05, 3.63) is 5.69 Å². The topological polar surface area (TPSA) is 76.2 Å². The van der Waals surface area contributed by atoms with Gasteiger partial charge < -0.3 is 16.0 Å². The third-order valence-electron chi connectivity index (χ3n) is 3.14. The summed E-state index contributed by atoms with van der Waals surface area (Å²) in [4.78, 5) is 13.7. The average molecular weight is 251 g/mol. The molecule has 0 spiro atoms. The molecule has 0 atom stereocenters. The third kappa shape index (κ3) is 2.42. The fraction of sp³-hybridized carbons (Fsp3) is 0.667. The maximum atomic E-state index is 11.6. The monoisotopic (exact) mass is 251 g/mol. The largest absolute Gasteiger partial charge is 0.394 e.